The van der Waals surface area contributed by atoms with Crippen molar-refractivity contribution in [2.24, 2.45) is 0 Å². The van der Waals surface area contributed by atoms with Crippen LogP contribution in [0, 0.1) is 5.82 Å². The van der Waals surface area contributed by atoms with Gasteiger partial charge in [0.2, 0.25) is 0 Å². The summed E-state index contributed by atoms with van der Waals surface area (Å²) < 4.78 is 50.5. The quantitative estimate of drug-likeness (QED) is 0.732. The van der Waals surface area contributed by atoms with Gasteiger partial charge in [0.05, 0.1) is 17.7 Å². The molecule has 0 atom stereocenters. The predicted octanol–water partition coefficient (Wildman–Crippen LogP) is 2.74. The van der Waals surface area contributed by atoms with E-state index in [1.807, 2.05) is 0 Å². The van der Waals surface area contributed by atoms with Gasteiger partial charge in [0.15, 0.2) is 0 Å². The fraction of sp³-hybridized carbons (Fsp3) is 0.0625. The Kier molecular flexibility index (Phi) is 3.98. The van der Waals surface area contributed by atoms with Crippen LogP contribution in [0.4, 0.5) is 10.1 Å². The molecule has 0 fully saturated rings. The largest absolute Gasteiger partial charge is 0.494 e. The van der Waals surface area contributed by atoms with Gasteiger partial charge in [-0.25, -0.2) is 17.6 Å². The van der Waals surface area contributed by atoms with Crippen LogP contribution >= 0.6 is 0 Å². The number of methoxy groups -OCH3 is 1. The molecule has 0 saturated heterocycles. The van der Waals surface area contributed by atoms with Crippen LogP contribution in [0.5, 0.6) is 5.75 Å². The summed E-state index contributed by atoms with van der Waals surface area (Å²) in [4.78, 5) is 11.1. The van der Waals surface area contributed by atoms with Crippen molar-refractivity contribution in [1.82, 2.24) is 0 Å². The molecular weight excluding hydrogens is 337 g/mol. The fourth-order valence-electron chi connectivity index (χ4n) is 2.17. The molecule has 124 valence electrons. The number of fused-ring (bicyclic) bond motifs is 1. The van der Waals surface area contributed by atoms with Crippen LogP contribution < -0.4 is 15.1 Å². The second kappa shape index (κ2) is 5.97. The van der Waals surface area contributed by atoms with Gasteiger partial charge in [-0.3, -0.25) is 4.72 Å². The van der Waals surface area contributed by atoms with E-state index in [-0.39, 0.29) is 21.9 Å². The van der Waals surface area contributed by atoms with Crippen molar-refractivity contribution in [1.29, 1.82) is 0 Å². The number of hydrogen-bond donors (Lipinski definition) is 1. The van der Waals surface area contributed by atoms with Gasteiger partial charge in [0, 0.05) is 17.5 Å². The van der Waals surface area contributed by atoms with Crippen LogP contribution in [0.3, 0.4) is 0 Å². The Morgan fingerprint density at radius 3 is 2.62 bits per heavy atom. The molecule has 0 aliphatic heterocycles. The molecule has 3 aromatic rings. The normalized spacial score (nSPS) is 11.4. The maximum absolute atomic E-state index is 13.2. The maximum Gasteiger partial charge on any atom is 0.336 e. The van der Waals surface area contributed by atoms with Crippen molar-refractivity contribution in [3.8, 4) is 5.75 Å². The molecule has 0 bridgehead atoms. The molecule has 0 aliphatic carbocycles. The number of nitrogens with one attached hydrogen (secondary N) is 1. The van der Waals surface area contributed by atoms with Crippen LogP contribution in [0.2, 0.25) is 0 Å². The van der Waals surface area contributed by atoms with Crippen molar-refractivity contribution >= 4 is 26.7 Å². The van der Waals surface area contributed by atoms with Crippen LogP contribution in [-0.4, -0.2) is 15.5 Å². The highest BCUT2D eigenvalue weighted by Crippen LogP contribution is 2.28. The lowest BCUT2D eigenvalue weighted by atomic mass is 10.2. The van der Waals surface area contributed by atoms with Gasteiger partial charge >= 0.3 is 5.63 Å². The number of hydrogen-bond acceptors (Lipinski definition) is 5. The SMILES string of the molecule is COc1cc(F)ccc1NS(=O)(=O)c1ccc2oc(=O)ccc2c1. The highest BCUT2D eigenvalue weighted by Gasteiger charge is 2.17. The summed E-state index contributed by atoms with van der Waals surface area (Å²) in [5.41, 5.74) is -0.133. The second-order valence-electron chi connectivity index (χ2n) is 4.90. The monoisotopic (exact) mass is 349 g/mol. The van der Waals surface area contributed by atoms with E-state index in [1.165, 1.54) is 43.5 Å². The van der Waals surface area contributed by atoms with E-state index >= 15 is 0 Å². The molecule has 1 heterocycles. The average Bonchev–Trinajstić information content (AvgIpc) is 2.55. The van der Waals surface area contributed by atoms with Gasteiger partial charge in [0.1, 0.15) is 17.1 Å². The third-order valence-electron chi connectivity index (χ3n) is 3.31. The number of rotatable bonds is 4. The van der Waals surface area contributed by atoms with Gasteiger partial charge in [-0.1, -0.05) is 0 Å². The zero-order chi connectivity index (χ0) is 17.3. The number of sulfonamides is 1. The lowest BCUT2D eigenvalue weighted by Crippen LogP contribution is -2.13. The minimum atomic E-state index is -3.93. The van der Waals surface area contributed by atoms with E-state index in [1.54, 1.807) is 0 Å². The minimum Gasteiger partial charge on any atom is -0.494 e. The molecule has 0 aliphatic rings. The first-order chi connectivity index (χ1) is 11.4. The summed E-state index contributed by atoms with van der Waals surface area (Å²) in [6.07, 6.45) is 0. The number of benzene rings is 2. The molecule has 0 radical (unpaired) electrons. The number of anilines is 1. The number of ether oxygens (including phenoxy) is 1. The third-order valence-corrected chi connectivity index (χ3v) is 4.67. The van der Waals surface area contributed by atoms with Crippen molar-refractivity contribution in [3.63, 3.8) is 0 Å². The summed E-state index contributed by atoms with van der Waals surface area (Å²) >= 11 is 0. The van der Waals surface area contributed by atoms with E-state index in [0.29, 0.717) is 5.39 Å². The van der Waals surface area contributed by atoms with E-state index in [0.717, 1.165) is 12.1 Å². The van der Waals surface area contributed by atoms with E-state index < -0.39 is 21.5 Å². The molecular formula is C16H12FNO5S. The zero-order valence-electron chi connectivity index (χ0n) is 12.4. The Balaban J connectivity index is 2.02. The smallest absolute Gasteiger partial charge is 0.336 e. The lowest BCUT2D eigenvalue weighted by Gasteiger charge is -2.12. The molecule has 0 unspecified atom stereocenters. The van der Waals surface area contributed by atoms with Gasteiger partial charge in [0.25, 0.3) is 10.0 Å². The van der Waals surface area contributed by atoms with Crippen molar-refractivity contribution in [3.05, 3.63) is 64.8 Å². The second-order valence-corrected chi connectivity index (χ2v) is 6.59. The molecule has 0 saturated carbocycles. The van der Waals surface area contributed by atoms with Crippen LogP contribution in [0.25, 0.3) is 11.0 Å². The van der Waals surface area contributed by atoms with Crippen molar-refractivity contribution in [2.75, 3.05) is 11.8 Å². The van der Waals surface area contributed by atoms with E-state index in [9.17, 15) is 17.6 Å². The average molecular weight is 349 g/mol. The molecule has 0 amide bonds. The van der Waals surface area contributed by atoms with Gasteiger partial charge in [-0.2, -0.15) is 0 Å². The molecule has 3 rings (SSSR count). The minimum absolute atomic E-state index is 0.0322. The third kappa shape index (κ3) is 3.09. The molecule has 1 aromatic heterocycles. The summed E-state index contributed by atoms with van der Waals surface area (Å²) in [5.74, 6) is -0.485. The first-order valence-corrected chi connectivity index (χ1v) is 8.28. The zero-order valence-corrected chi connectivity index (χ0v) is 13.3. The van der Waals surface area contributed by atoms with Gasteiger partial charge < -0.3 is 9.15 Å². The van der Waals surface area contributed by atoms with Crippen LogP contribution in [-0.2, 0) is 10.0 Å². The van der Waals surface area contributed by atoms with Crippen molar-refractivity contribution < 1.29 is 22.0 Å². The summed E-state index contributed by atoms with van der Waals surface area (Å²) in [5, 5.41) is 0.462. The number of halogens is 1. The molecule has 24 heavy (non-hydrogen) atoms. The molecule has 0 spiro atoms. The van der Waals surface area contributed by atoms with Gasteiger partial charge in [-0.15, -0.1) is 0 Å². The van der Waals surface area contributed by atoms with E-state index in [4.69, 9.17) is 9.15 Å². The first kappa shape index (κ1) is 16.0. The topological polar surface area (TPSA) is 85.6 Å². The molecule has 1 N–H and O–H groups in total. The summed E-state index contributed by atoms with van der Waals surface area (Å²) in [7, 11) is -2.62. The molecule has 6 nitrogen and oxygen atoms in total. The van der Waals surface area contributed by atoms with Crippen LogP contribution in [0.1, 0.15) is 0 Å². The van der Waals surface area contributed by atoms with Crippen LogP contribution in [0.15, 0.2) is 62.6 Å². The van der Waals surface area contributed by atoms with Crippen molar-refractivity contribution in [2.45, 2.75) is 4.90 Å². The highest BCUT2D eigenvalue weighted by atomic mass is 32.2. The Morgan fingerprint density at radius 2 is 1.88 bits per heavy atom. The molecule has 2 aromatic carbocycles. The Hall–Kier alpha value is -2.87. The Labute approximate surface area is 136 Å². The van der Waals surface area contributed by atoms with Gasteiger partial charge in [-0.05, 0) is 36.4 Å². The summed E-state index contributed by atoms with van der Waals surface area (Å²) in [6, 6.07) is 10.2. The standard InChI is InChI=1S/C16H12FNO5S/c1-22-15-9-11(17)3-5-13(15)18-24(20,21)12-4-6-14-10(8-12)2-7-16(19)23-14/h2-9,18H,1H3. The maximum atomic E-state index is 13.2. The first-order valence-electron chi connectivity index (χ1n) is 6.79. The molecule has 8 heteroatoms. The predicted molar refractivity (Wildman–Crippen MR) is 86.2 cm³/mol. The fourth-order valence-corrected chi connectivity index (χ4v) is 3.28. The Morgan fingerprint density at radius 1 is 1.08 bits per heavy atom. The van der Waals surface area contributed by atoms with E-state index in [2.05, 4.69) is 4.72 Å². The highest BCUT2D eigenvalue weighted by molar-refractivity contribution is 7.92. The Bertz CT molecular complexity index is 1080. The summed E-state index contributed by atoms with van der Waals surface area (Å²) in [6.45, 7) is 0. The lowest BCUT2D eigenvalue weighted by molar-refractivity contribution is 0.413.